The molecule has 0 spiro atoms. The van der Waals surface area contributed by atoms with Gasteiger partial charge in [-0.1, -0.05) is 32.9 Å². The molecule has 0 aliphatic heterocycles. The molecule has 1 unspecified atom stereocenters. The highest BCUT2D eigenvalue weighted by Crippen LogP contribution is 2.37. The predicted molar refractivity (Wildman–Crippen MR) is 74.9 cm³/mol. The number of aliphatic hydroxyl groups excluding tert-OH is 1. The zero-order chi connectivity index (χ0) is 13.3. The number of hydrogen-bond acceptors (Lipinski definition) is 2. The van der Waals surface area contributed by atoms with Gasteiger partial charge < -0.3 is 9.53 Å². The van der Waals surface area contributed by atoms with Crippen LogP contribution in [0.2, 0.25) is 18.1 Å². The molecule has 17 heavy (non-hydrogen) atoms. The number of aliphatic hydroxyl groups is 1. The molecule has 0 saturated carbocycles. The van der Waals surface area contributed by atoms with Gasteiger partial charge in [-0.25, -0.2) is 0 Å². The lowest BCUT2D eigenvalue weighted by Gasteiger charge is -2.36. The van der Waals surface area contributed by atoms with Crippen molar-refractivity contribution in [1.29, 1.82) is 0 Å². The summed E-state index contributed by atoms with van der Waals surface area (Å²) in [4.78, 5) is 0. The molecule has 0 saturated heterocycles. The second-order valence-electron chi connectivity index (χ2n) is 6.11. The van der Waals surface area contributed by atoms with Crippen molar-refractivity contribution in [2.75, 3.05) is 0 Å². The Morgan fingerprint density at radius 1 is 1.24 bits per heavy atom. The molecule has 0 aromatic heterocycles. The van der Waals surface area contributed by atoms with E-state index in [2.05, 4.69) is 33.9 Å². The van der Waals surface area contributed by atoms with E-state index in [0.717, 1.165) is 11.3 Å². The van der Waals surface area contributed by atoms with Gasteiger partial charge in [-0.15, -0.1) is 0 Å². The average molecular weight is 252 g/mol. The van der Waals surface area contributed by atoms with Gasteiger partial charge in [0.25, 0.3) is 0 Å². The number of benzene rings is 1. The van der Waals surface area contributed by atoms with Crippen LogP contribution in [0.4, 0.5) is 0 Å². The van der Waals surface area contributed by atoms with Gasteiger partial charge in [-0.05, 0) is 42.8 Å². The van der Waals surface area contributed by atoms with Crippen LogP contribution in [0.3, 0.4) is 0 Å². The fourth-order valence-corrected chi connectivity index (χ4v) is 2.31. The Bertz CT molecular complexity index is 378. The summed E-state index contributed by atoms with van der Waals surface area (Å²) in [6.07, 6.45) is -0.446. The molecule has 0 fully saturated rings. The SMILES string of the molecule is CC(O)c1cccc(O[Si](C)(C)C(C)(C)C)c1. The molecule has 0 aliphatic rings. The second kappa shape index (κ2) is 4.82. The largest absolute Gasteiger partial charge is 0.543 e. The van der Waals surface area contributed by atoms with Crippen molar-refractivity contribution in [2.45, 2.75) is 51.9 Å². The Kier molecular flexibility index (Phi) is 4.05. The Balaban J connectivity index is 2.92. The van der Waals surface area contributed by atoms with Crippen LogP contribution in [-0.2, 0) is 0 Å². The zero-order valence-electron chi connectivity index (χ0n) is 11.7. The Labute approximate surface area is 106 Å². The smallest absolute Gasteiger partial charge is 0.250 e. The van der Waals surface area contributed by atoms with Crippen LogP contribution in [0, 0.1) is 0 Å². The normalized spacial score (nSPS) is 14.5. The van der Waals surface area contributed by atoms with Gasteiger partial charge in [0.15, 0.2) is 0 Å². The lowest BCUT2D eigenvalue weighted by Crippen LogP contribution is -2.43. The van der Waals surface area contributed by atoms with E-state index in [1.165, 1.54) is 0 Å². The minimum absolute atomic E-state index is 0.188. The quantitative estimate of drug-likeness (QED) is 0.820. The van der Waals surface area contributed by atoms with Crippen molar-refractivity contribution in [3.8, 4) is 5.75 Å². The van der Waals surface area contributed by atoms with E-state index in [1.807, 2.05) is 24.3 Å². The molecule has 0 heterocycles. The molecule has 2 nitrogen and oxygen atoms in total. The van der Waals surface area contributed by atoms with E-state index in [0.29, 0.717) is 0 Å². The molecular formula is C14H24O2Si. The van der Waals surface area contributed by atoms with Crippen LogP contribution in [-0.4, -0.2) is 13.4 Å². The first kappa shape index (κ1) is 14.3. The summed E-state index contributed by atoms with van der Waals surface area (Å²) in [6.45, 7) is 12.9. The summed E-state index contributed by atoms with van der Waals surface area (Å²) < 4.78 is 6.18. The summed E-state index contributed by atoms with van der Waals surface area (Å²) >= 11 is 0. The van der Waals surface area contributed by atoms with Gasteiger partial charge >= 0.3 is 0 Å². The van der Waals surface area contributed by atoms with E-state index in [1.54, 1.807) is 6.92 Å². The van der Waals surface area contributed by atoms with E-state index in [9.17, 15) is 5.11 Å². The minimum Gasteiger partial charge on any atom is -0.543 e. The summed E-state index contributed by atoms with van der Waals surface area (Å²) in [7, 11) is -1.79. The van der Waals surface area contributed by atoms with E-state index in [-0.39, 0.29) is 5.04 Å². The van der Waals surface area contributed by atoms with Gasteiger partial charge in [-0.2, -0.15) is 0 Å². The van der Waals surface area contributed by atoms with Gasteiger partial charge in [0, 0.05) is 0 Å². The van der Waals surface area contributed by atoms with Crippen LogP contribution >= 0.6 is 0 Å². The monoisotopic (exact) mass is 252 g/mol. The lowest BCUT2D eigenvalue weighted by atomic mass is 10.1. The molecule has 1 N–H and O–H groups in total. The molecule has 0 bridgehead atoms. The molecule has 0 radical (unpaired) electrons. The Morgan fingerprint density at radius 3 is 2.29 bits per heavy atom. The van der Waals surface area contributed by atoms with Crippen LogP contribution in [0.15, 0.2) is 24.3 Å². The molecule has 1 atom stereocenters. The highest BCUT2D eigenvalue weighted by molar-refractivity contribution is 6.74. The predicted octanol–water partition coefficient (Wildman–Crippen LogP) is 4.12. The molecule has 0 amide bonds. The highest BCUT2D eigenvalue weighted by Gasteiger charge is 2.38. The maximum Gasteiger partial charge on any atom is 0.250 e. The van der Waals surface area contributed by atoms with Crippen molar-refractivity contribution in [2.24, 2.45) is 0 Å². The van der Waals surface area contributed by atoms with E-state index >= 15 is 0 Å². The van der Waals surface area contributed by atoms with Crippen molar-refractivity contribution < 1.29 is 9.53 Å². The van der Waals surface area contributed by atoms with Crippen molar-refractivity contribution in [3.05, 3.63) is 29.8 Å². The van der Waals surface area contributed by atoms with E-state index < -0.39 is 14.4 Å². The minimum atomic E-state index is -1.79. The molecule has 0 aliphatic carbocycles. The lowest BCUT2D eigenvalue weighted by molar-refractivity contribution is 0.199. The van der Waals surface area contributed by atoms with Crippen molar-refractivity contribution in [1.82, 2.24) is 0 Å². The van der Waals surface area contributed by atoms with Crippen LogP contribution in [0.5, 0.6) is 5.75 Å². The van der Waals surface area contributed by atoms with E-state index in [4.69, 9.17) is 4.43 Å². The van der Waals surface area contributed by atoms with Crippen molar-refractivity contribution >= 4 is 8.32 Å². The summed E-state index contributed by atoms with van der Waals surface area (Å²) in [5.41, 5.74) is 0.904. The fourth-order valence-electron chi connectivity index (χ4n) is 1.29. The molecule has 1 aromatic rings. The molecule has 1 aromatic carbocycles. The van der Waals surface area contributed by atoms with Gasteiger partial charge in [0.1, 0.15) is 5.75 Å². The Hall–Kier alpha value is -0.803. The van der Waals surface area contributed by atoms with Gasteiger partial charge in [-0.3, -0.25) is 0 Å². The standard InChI is InChI=1S/C14H24O2Si/c1-11(15)12-8-7-9-13(10-12)16-17(5,6)14(2,3)4/h7-11,15H,1-6H3. The third kappa shape index (κ3) is 3.58. The zero-order valence-corrected chi connectivity index (χ0v) is 12.7. The Morgan fingerprint density at radius 2 is 1.82 bits per heavy atom. The third-order valence-electron chi connectivity index (χ3n) is 3.52. The molecule has 3 heteroatoms. The van der Waals surface area contributed by atoms with Crippen LogP contribution in [0.25, 0.3) is 0 Å². The summed E-state index contributed by atoms with van der Waals surface area (Å²) in [5.74, 6) is 0.870. The molecule has 1 rings (SSSR count). The molecule has 96 valence electrons. The molecular weight excluding hydrogens is 228 g/mol. The maximum atomic E-state index is 9.56. The maximum absolute atomic E-state index is 9.56. The average Bonchev–Trinajstić information content (AvgIpc) is 2.15. The van der Waals surface area contributed by atoms with Gasteiger partial charge in [0.2, 0.25) is 8.32 Å². The number of hydrogen-bond donors (Lipinski definition) is 1. The van der Waals surface area contributed by atoms with Crippen LogP contribution in [0.1, 0.15) is 39.4 Å². The summed E-state index contributed by atoms with van der Waals surface area (Å²) in [5, 5.41) is 9.75. The fraction of sp³-hybridized carbons (Fsp3) is 0.571. The first-order valence-electron chi connectivity index (χ1n) is 6.10. The first-order valence-corrected chi connectivity index (χ1v) is 9.01. The third-order valence-corrected chi connectivity index (χ3v) is 7.88. The first-order chi connectivity index (χ1) is 7.63. The van der Waals surface area contributed by atoms with Crippen LogP contribution < -0.4 is 4.43 Å². The topological polar surface area (TPSA) is 29.5 Å². The number of rotatable bonds is 3. The van der Waals surface area contributed by atoms with Gasteiger partial charge in [0.05, 0.1) is 6.10 Å². The highest BCUT2D eigenvalue weighted by atomic mass is 28.4. The van der Waals surface area contributed by atoms with Crippen molar-refractivity contribution in [3.63, 3.8) is 0 Å². The second-order valence-corrected chi connectivity index (χ2v) is 10.8. The summed E-state index contributed by atoms with van der Waals surface area (Å²) in [6, 6.07) is 7.76.